The molecule has 0 aromatic heterocycles. The van der Waals surface area contributed by atoms with Crippen LogP contribution >= 0.6 is 0 Å². The maximum absolute atomic E-state index is 12.8. The Morgan fingerprint density at radius 3 is 2.21 bits per heavy atom. The smallest absolute Gasteiger partial charge is 0.321 e. The van der Waals surface area contributed by atoms with Crippen molar-refractivity contribution >= 4 is 11.9 Å². The lowest BCUT2D eigenvalue weighted by Crippen LogP contribution is -2.33. The van der Waals surface area contributed by atoms with E-state index in [1.54, 1.807) is 20.8 Å². The molecule has 0 spiro atoms. The van der Waals surface area contributed by atoms with Crippen LogP contribution in [0.1, 0.15) is 26.3 Å². The number of carbonyl (C=O) groups is 2. The fraction of sp³-hybridized carbons (Fsp3) is 0.429. The monoisotopic (exact) mass is 268 g/mol. The molecule has 1 aromatic carbocycles. The molecule has 4 nitrogen and oxygen atoms in total. The fourth-order valence-corrected chi connectivity index (χ4v) is 1.50. The summed E-state index contributed by atoms with van der Waals surface area (Å²) in [6.07, 6.45) is -0.0233. The Balaban J connectivity index is 2.81. The number of benzene rings is 1. The fourth-order valence-electron chi connectivity index (χ4n) is 1.50. The molecule has 1 unspecified atom stereocenters. The number of carboxylic acids is 1. The minimum Gasteiger partial charge on any atom is -0.481 e. The summed E-state index contributed by atoms with van der Waals surface area (Å²) >= 11 is 0. The van der Waals surface area contributed by atoms with Crippen molar-refractivity contribution < 1.29 is 23.8 Å². The van der Waals surface area contributed by atoms with Crippen LogP contribution in [0.25, 0.3) is 0 Å². The summed E-state index contributed by atoms with van der Waals surface area (Å²) in [6.45, 7) is 5.01. The standard InChI is InChI=1S/C14H17FO4/c1-14(2,3)19-13(18)11(12(16)17)8-9-4-6-10(15)7-5-9/h4-7,11H,8H2,1-3H3,(H,16,17). The molecule has 0 aliphatic carbocycles. The number of carbonyl (C=O) groups excluding carboxylic acids is 1. The van der Waals surface area contributed by atoms with Gasteiger partial charge in [0.2, 0.25) is 0 Å². The van der Waals surface area contributed by atoms with Crippen molar-refractivity contribution in [1.82, 2.24) is 0 Å². The van der Waals surface area contributed by atoms with Gasteiger partial charge in [-0.25, -0.2) is 4.39 Å². The van der Waals surface area contributed by atoms with E-state index in [-0.39, 0.29) is 6.42 Å². The average molecular weight is 268 g/mol. The van der Waals surface area contributed by atoms with Crippen molar-refractivity contribution in [2.45, 2.75) is 32.8 Å². The second-order valence-corrected chi connectivity index (χ2v) is 5.25. The molecule has 0 fully saturated rings. The Hall–Kier alpha value is -1.91. The second-order valence-electron chi connectivity index (χ2n) is 5.25. The van der Waals surface area contributed by atoms with Crippen LogP contribution in [-0.4, -0.2) is 22.6 Å². The van der Waals surface area contributed by atoms with Gasteiger partial charge in [-0.05, 0) is 44.9 Å². The predicted molar refractivity (Wildman–Crippen MR) is 67.1 cm³/mol. The van der Waals surface area contributed by atoms with Crippen LogP contribution in [0.3, 0.4) is 0 Å². The molecule has 0 radical (unpaired) electrons. The molecule has 0 saturated heterocycles. The topological polar surface area (TPSA) is 63.6 Å². The minimum absolute atomic E-state index is 0.0233. The van der Waals surface area contributed by atoms with Gasteiger partial charge in [0.25, 0.3) is 0 Å². The molecular weight excluding hydrogens is 251 g/mol. The molecule has 104 valence electrons. The van der Waals surface area contributed by atoms with Gasteiger partial charge in [-0.2, -0.15) is 0 Å². The van der Waals surface area contributed by atoms with Crippen LogP contribution in [-0.2, 0) is 20.7 Å². The number of esters is 1. The molecule has 1 aromatic rings. The van der Waals surface area contributed by atoms with E-state index in [0.717, 1.165) is 0 Å². The molecule has 5 heteroatoms. The third-order valence-electron chi connectivity index (χ3n) is 2.34. The summed E-state index contributed by atoms with van der Waals surface area (Å²) < 4.78 is 17.8. The van der Waals surface area contributed by atoms with E-state index in [1.165, 1.54) is 24.3 Å². The first-order valence-corrected chi connectivity index (χ1v) is 5.89. The quantitative estimate of drug-likeness (QED) is 0.672. The lowest BCUT2D eigenvalue weighted by atomic mass is 9.99. The highest BCUT2D eigenvalue weighted by atomic mass is 19.1. The van der Waals surface area contributed by atoms with Gasteiger partial charge in [0, 0.05) is 0 Å². The summed E-state index contributed by atoms with van der Waals surface area (Å²) in [5.41, 5.74) is -0.173. The van der Waals surface area contributed by atoms with Gasteiger partial charge in [-0.15, -0.1) is 0 Å². The summed E-state index contributed by atoms with van der Waals surface area (Å²) in [6, 6.07) is 5.36. The number of rotatable bonds is 4. The molecule has 0 saturated carbocycles. The Kier molecular flexibility index (Phi) is 4.64. The largest absolute Gasteiger partial charge is 0.481 e. The number of aliphatic carboxylic acids is 1. The van der Waals surface area contributed by atoms with Gasteiger partial charge in [0.1, 0.15) is 11.4 Å². The highest BCUT2D eigenvalue weighted by molar-refractivity contribution is 5.94. The molecule has 19 heavy (non-hydrogen) atoms. The zero-order valence-corrected chi connectivity index (χ0v) is 11.1. The lowest BCUT2D eigenvalue weighted by Gasteiger charge is -2.22. The van der Waals surface area contributed by atoms with Crippen LogP contribution in [0, 0.1) is 11.7 Å². The maximum atomic E-state index is 12.8. The van der Waals surface area contributed by atoms with Crippen LogP contribution in [0.2, 0.25) is 0 Å². The molecule has 0 heterocycles. The van der Waals surface area contributed by atoms with E-state index in [0.29, 0.717) is 5.56 Å². The highest BCUT2D eigenvalue weighted by Crippen LogP contribution is 2.16. The van der Waals surface area contributed by atoms with Crippen molar-refractivity contribution in [1.29, 1.82) is 0 Å². The van der Waals surface area contributed by atoms with Crippen LogP contribution in [0.5, 0.6) is 0 Å². The second kappa shape index (κ2) is 5.82. The molecule has 0 amide bonds. The van der Waals surface area contributed by atoms with Crippen molar-refractivity contribution in [3.63, 3.8) is 0 Å². The Morgan fingerprint density at radius 2 is 1.79 bits per heavy atom. The molecule has 0 aliphatic rings. The van der Waals surface area contributed by atoms with Gasteiger partial charge in [-0.3, -0.25) is 9.59 Å². The summed E-state index contributed by atoms with van der Waals surface area (Å²) in [4.78, 5) is 22.9. The first-order chi connectivity index (χ1) is 8.69. The van der Waals surface area contributed by atoms with Crippen molar-refractivity contribution in [2.75, 3.05) is 0 Å². The van der Waals surface area contributed by atoms with Crippen molar-refractivity contribution in [3.05, 3.63) is 35.6 Å². The Morgan fingerprint density at radius 1 is 1.26 bits per heavy atom. The minimum atomic E-state index is -1.29. The summed E-state index contributed by atoms with van der Waals surface area (Å²) in [5.74, 6) is -3.74. The van der Waals surface area contributed by atoms with E-state index in [4.69, 9.17) is 9.84 Å². The van der Waals surface area contributed by atoms with Crippen molar-refractivity contribution in [2.24, 2.45) is 5.92 Å². The van der Waals surface area contributed by atoms with Gasteiger partial charge in [-0.1, -0.05) is 12.1 Å². The van der Waals surface area contributed by atoms with E-state index in [9.17, 15) is 14.0 Å². The van der Waals surface area contributed by atoms with E-state index >= 15 is 0 Å². The summed E-state index contributed by atoms with van der Waals surface area (Å²) in [7, 11) is 0. The van der Waals surface area contributed by atoms with Crippen LogP contribution in [0.4, 0.5) is 4.39 Å². The number of hydrogen-bond acceptors (Lipinski definition) is 3. The number of ether oxygens (including phenoxy) is 1. The maximum Gasteiger partial charge on any atom is 0.321 e. The Labute approximate surface area is 111 Å². The predicted octanol–water partition coefficient (Wildman–Crippen LogP) is 2.41. The number of carboxylic acid groups (broad SMARTS) is 1. The van der Waals surface area contributed by atoms with E-state index in [2.05, 4.69) is 0 Å². The van der Waals surface area contributed by atoms with Crippen molar-refractivity contribution in [3.8, 4) is 0 Å². The molecule has 1 N–H and O–H groups in total. The Bertz CT molecular complexity index is 459. The van der Waals surface area contributed by atoms with Gasteiger partial charge >= 0.3 is 11.9 Å². The summed E-state index contributed by atoms with van der Waals surface area (Å²) in [5, 5.41) is 9.08. The molecule has 0 aliphatic heterocycles. The van der Waals surface area contributed by atoms with Gasteiger partial charge < -0.3 is 9.84 Å². The third kappa shape index (κ3) is 5.07. The number of halogens is 1. The molecule has 0 bridgehead atoms. The van der Waals surface area contributed by atoms with Gasteiger partial charge in [0.15, 0.2) is 5.92 Å². The SMILES string of the molecule is CC(C)(C)OC(=O)C(Cc1ccc(F)cc1)C(=O)O. The van der Waals surface area contributed by atoms with E-state index in [1.807, 2.05) is 0 Å². The normalized spacial score (nSPS) is 12.8. The lowest BCUT2D eigenvalue weighted by molar-refractivity contribution is -0.166. The zero-order chi connectivity index (χ0) is 14.6. The molecule has 1 atom stereocenters. The molecular formula is C14H17FO4. The van der Waals surface area contributed by atoms with Crippen LogP contribution in [0.15, 0.2) is 24.3 Å². The number of hydrogen-bond donors (Lipinski definition) is 1. The molecule has 1 rings (SSSR count). The van der Waals surface area contributed by atoms with Gasteiger partial charge in [0.05, 0.1) is 0 Å². The van der Waals surface area contributed by atoms with Crippen LogP contribution < -0.4 is 0 Å². The first kappa shape index (κ1) is 15.1. The van der Waals surface area contributed by atoms with E-state index < -0.39 is 29.3 Å². The highest BCUT2D eigenvalue weighted by Gasteiger charge is 2.31. The third-order valence-corrected chi connectivity index (χ3v) is 2.34. The zero-order valence-electron chi connectivity index (χ0n) is 11.1. The average Bonchev–Trinajstić information content (AvgIpc) is 2.25. The first-order valence-electron chi connectivity index (χ1n) is 5.89.